The van der Waals surface area contributed by atoms with Gasteiger partial charge in [-0.1, -0.05) is 48.5 Å². The molecule has 1 fully saturated rings. The molecule has 1 N–H and O–H groups in total. The van der Waals surface area contributed by atoms with E-state index in [1.54, 1.807) is 36.7 Å². The molecular formula is C31H37F3N4O. The Morgan fingerprint density at radius 3 is 2.03 bits per heavy atom. The molecule has 1 atom stereocenters. The van der Waals surface area contributed by atoms with E-state index in [0.29, 0.717) is 19.6 Å². The van der Waals surface area contributed by atoms with Gasteiger partial charge < -0.3 is 5.32 Å². The van der Waals surface area contributed by atoms with Crippen molar-refractivity contribution in [3.05, 3.63) is 89.7 Å². The maximum absolute atomic E-state index is 13.4. The molecule has 0 unspecified atom stereocenters. The van der Waals surface area contributed by atoms with Crippen molar-refractivity contribution in [1.29, 1.82) is 0 Å². The van der Waals surface area contributed by atoms with Gasteiger partial charge in [0.15, 0.2) is 0 Å². The molecule has 0 radical (unpaired) electrons. The van der Waals surface area contributed by atoms with Crippen LogP contribution in [0.3, 0.4) is 0 Å². The van der Waals surface area contributed by atoms with Crippen LogP contribution >= 0.6 is 0 Å². The van der Waals surface area contributed by atoms with Gasteiger partial charge >= 0.3 is 6.18 Å². The number of carbonyl (C=O) groups excluding carboxylic acids is 1. The predicted octanol–water partition coefficient (Wildman–Crippen LogP) is 5.80. The second-order valence-corrected chi connectivity index (χ2v) is 11.1. The van der Waals surface area contributed by atoms with Crippen LogP contribution in [-0.4, -0.2) is 58.6 Å². The van der Waals surface area contributed by atoms with Crippen molar-refractivity contribution < 1.29 is 18.0 Å². The number of amides is 1. The maximum atomic E-state index is 13.4. The quantitative estimate of drug-likeness (QED) is 0.394. The summed E-state index contributed by atoms with van der Waals surface area (Å²) in [5.41, 5.74) is 2.42. The third-order valence-corrected chi connectivity index (χ3v) is 7.45. The van der Waals surface area contributed by atoms with Crippen molar-refractivity contribution >= 4 is 5.91 Å². The summed E-state index contributed by atoms with van der Waals surface area (Å²) >= 11 is 0. The topological polar surface area (TPSA) is 48.5 Å². The first-order valence-corrected chi connectivity index (χ1v) is 13.4. The summed E-state index contributed by atoms with van der Waals surface area (Å²) in [5.74, 6) is 0.0382. The summed E-state index contributed by atoms with van der Waals surface area (Å²) in [5, 5.41) is 3.08. The van der Waals surface area contributed by atoms with Gasteiger partial charge in [-0.25, -0.2) is 0 Å². The lowest BCUT2D eigenvalue weighted by molar-refractivity contribution is -0.180. The van der Waals surface area contributed by atoms with E-state index >= 15 is 0 Å². The molecule has 39 heavy (non-hydrogen) atoms. The van der Waals surface area contributed by atoms with Gasteiger partial charge in [0.2, 0.25) is 5.91 Å². The van der Waals surface area contributed by atoms with Crippen molar-refractivity contribution in [1.82, 2.24) is 20.1 Å². The van der Waals surface area contributed by atoms with E-state index < -0.39 is 11.6 Å². The standard InChI is InChI=1S/C31H37F3N4O/c1-22(2)36-29(39)28-21-37(17-18-38(28)20-24-13-15-35-16-14-24)19-23-5-7-25(8-6-23)26-9-11-27(12-10-26)30(3,4)31(32,33)34/h5-16,22,28H,17-21H2,1-4H3,(H,36,39)/t28-/m0/s1. The predicted molar refractivity (Wildman–Crippen MR) is 148 cm³/mol. The summed E-state index contributed by atoms with van der Waals surface area (Å²) in [6.45, 7) is 10.00. The minimum Gasteiger partial charge on any atom is -0.353 e. The first kappa shape index (κ1) is 28.8. The Labute approximate surface area is 229 Å². The van der Waals surface area contributed by atoms with Gasteiger partial charge in [0.1, 0.15) is 6.04 Å². The van der Waals surface area contributed by atoms with Crippen molar-refractivity contribution in [3.63, 3.8) is 0 Å². The highest BCUT2D eigenvalue weighted by atomic mass is 19.4. The lowest BCUT2D eigenvalue weighted by Crippen LogP contribution is -2.59. The molecule has 5 nitrogen and oxygen atoms in total. The molecule has 208 valence electrons. The maximum Gasteiger partial charge on any atom is 0.397 e. The van der Waals surface area contributed by atoms with Gasteiger partial charge in [0.25, 0.3) is 0 Å². The van der Waals surface area contributed by atoms with Gasteiger partial charge in [-0.3, -0.25) is 19.6 Å². The number of aromatic nitrogens is 1. The zero-order valence-corrected chi connectivity index (χ0v) is 23.0. The number of rotatable bonds is 8. The Kier molecular flexibility index (Phi) is 8.76. The Bertz CT molecular complexity index is 1230. The van der Waals surface area contributed by atoms with Gasteiger partial charge in [-0.2, -0.15) is 13.2 Å². The molecule has 4 rings (SSSR count). The number of nitrogens with one attached hydrogen (secondary N) is 1. The van der Waals surface area contributed by atoms with Crippen molar-refractivity contribution in [2.75, 3.05) is 19.6 Å². The highest BCUT2D eigenvalue weighted by molar-refractivity contribution is 5.82. The molecule has 0 saturated carbocycles. The summed E-state index contributed by atoms with van der Waals surface area (Å²) in [6.07, 6.45) is -0.763. The number of piperazine rings is 1. The highest BCUT2D eigenvalue weighted by Gasteiger charge is 2.48. The number of hydrogen-bond acceptors (Lipinski definition) is 4. The number of alkyl halides is 3. The monoisotopic (exact) mass is 538 g/mol. The van der Waals surface area contributed by atoms with Crippen LogP contribution in [0, 0.1) is 0 Å². The molecule has 1 aliphatic rings. The van der Waals surface area contributed by atoms with E-state index in [4.69, 9.17) is 0 Å². The fourth-order valence-electron chi connectivity index (χ4n) is 4.87. The van der Waals surface area contributed by atoms with E-state index in [-0.39, 0.29) is 23.6 Å². The average molecular weight is 539 g/mol. The first-order valence-electron chi connectivity index (χ1n) is 13.4. The Balaban J connectivity index is 1.42. The zero-order chi connectivity index (χ0) is 28.2. The second kappa shape index (κ2) is 11.9. The molecule has 1 aromatic heterocycles. The minimum absolute atomic E-state index is 0.0382. The Hall–Kier alpha value is -3.23. The van der Waals surface area contributed by atoms with Gasteiger partial charge in [0.05, 0.1) is 5.41 Å². The van der Waals surface area contributed by atoms with E-state index in [1.807, 2.05) is 38.1 Å². The summed E-state index contributed by atoms with van der Waals surface area (Å²) < 4.78 is 40.2. The van der Waals surface area contributed by atoms with Crippen LogP contribution in [0.25, 0.3) is 11.1 Å². The summed E-state index contributed by atoms with van der Waals surface area (Å²) in [7, 11) is 0. The largest absolute Gasteiger partial charge is 0.397 e. The zero-order valence-electron chi connectivity index (χ0n) is 23.0. The van der Waals surface area contributed by atoms with Crippen LogP contribution in [0.4, 0.5) is 13.2 Å². The van der Waals surface area contributed by atoms with Crippen LogP contribution in [0.1, 0.15) is 44.4 Å². The molecule has 1 aliphatic heterocycles. The Morgan fingerprint density at radius 2 is 1.46 bits per heavy atom. The normalized spacial score (nSPS) is 17.4. The lowest BCUT2D eigenvalue weighted by Gasteiger charge is -2.41. The van der Waals surface area contributed by atoms with Gasteiger partial charge in [0, 0.05) is 51.2 Å². The second-order valence-electron chi connectivity index (χ2n) is 11.1. The van der Waals surface area contributed by atoms with Gasteiger partial charge in [-0.15, -0.1) is 0 Å². The summed E-state index contributed by atoms with van der Waals surface area (Å²) in [6, 6.07) is 18.5. The van der Waals surface area contributed by atoms with Crippen molar-refractivity contribution in [2.45, 2.75) is 64.5 Å². The molecule has 8 heteroatoms. The van der Waals surface area contributed by atoms with Crippen LogP contribution in [0.5, 0.6) is 0 Å². The fraction of sp³-hybridized carbons (Fsp3) is 0.419. The molecule has 3 aromatic rings. The number of halogens is 3. The molecule has 2 heterocycles. The number of hydrogen-bond donors (Lipinski definition) is 1. The number of benzene rings is 2. The molecule has 0 spiro atoms. The van der Waals surface area contributed by atoms with Crippen LogP contribution in [0.15, 0.2) is 73.1 Å². The molecule has 2 aromatic carbocycles. The lowest BCUT2D eigenvalue weighted by atomic mass is 9.83. The van der Waals surface area contributed by atoms with Crippen molar-refractivity contribution in [3.8, 4) is 11.1 Å². The average Bonchev–Trinajstić information content (AvgIpc) is 2.89. The number of nitrogens with zero attached hydrogens (tertiary/aromatic N) is 3. The molecule has 1 saturated heterocycles. The molecule has 1 amide bonds. The van der Waals surface area contributed by atoms with Crippen molar-refractivity contribution in [2.24, 2.45) is 0 Å². The van der Waals surface area contributed by atoms with E-state index in [9.17, 15) is 18.0 Å². The van der Waals surface area contributed by atoms with Crippen LogP contribution in [-0.2, 0) is 23.3 Å². The molecule has 0 aliphatic carbocycles. The smallest absolute Gasteiger partial charge is 0.353 e. The third kappa shape index (κ3) is 7.05. The highest BCUT2D eigenvalue weighted by Crippen LogP contribution is 2.40. The fourth-order valence-corrected chi connectivity index (χ4v) is 4.87. The van der Waals surface area contributed by atoms with Gasteiger partial charge in [-0.05, 0) is 67.6 Å². The third-order valence-electron chi connectivity index (χ3n) is 7.45. The number of pyridine rings is 1. The minimum atomic E-state index is -4.31. The van der Waals surface area contributed by atoms with E-state index in [0.717, 1.165) is 35.3 Å². The number of carbonyl (C=O) groups is 1. The van der Waals surface area contributed by atoms with Crippen LogP contribution in [0.2, 0.25) is 0 Å². The Morgan fingerprint density at radius 1 is 0.897 bits per heavy atom. The summed E-state index contributed by atoms with van der Waals surface area (Å²) in [4.78, 5) is 21.7. The van der Waals surface area contributed by atoms with E-state index in [1.165, 1.54) is 13.8 Å². The SMILES string of the molecule is CC(C)NC(=O)[C@@H]1CN(Cc2ccc(-c3ccc(C(C)(C)C(F)(F)F)cc3)cc2)CCN1Cc1ccncc1. The first-order chi connectivity index (χ1) is 18.4. The van der Waals surface area contributed by atoms with Crippen LogP contribution < -0.4 is 5.32 Å². The molecular weight excluding hydrogens is 501 g/mol. The van der Waals surface area contributed by atoms with E-state index in [2.05, 4.69) is 32.2 Å². The molecule has 0 bridgehead atoms.